The average Bonchev–Trinajstić information content (AvgIpc) is 2.51. The number of methoxy groups -OCH3 is 1. The highest BCUT2D eigenvalue weighted by atomic mass is 32.2. The van der Waals surface area contributed by atoms with E-state index in [1.807, 2.05) is 6.92 Å². The lowest BCUT2D eigenvalue weighted by Gasteiger charge is -2.25. The summed E-state index contributed by atoms with van der Waals surface area (Å²) < 4.78 is 10.2. The van der Waals surface area contributed by atoms with Crippen molar-refractivity contribution >= 4 is 18.0 Å². The van der Waals surface area contributed by atoms with Crippen LogP contribution in [0.25, 0.3) is 0 Å². The Balaban J connectivity index is -0.000000461. The maximum absolute atomic E-state index is 10.3. The molecule has 130 valence electrons. The standard InChI is InChI=1S/C11H23NO2S.C3H8O.CH4O/c1-4-6-14-11(2,3)5-7-15-9-10(12)8-13;1-3-4-2;1-2/h8,10H,4-7,9,12H2,1-3H3;3H2,1-2H3;2H,1H3. The van der Waals surface area contributed by atoms with Crippen LogP contribution >= 0.6 is 11.8 Å². The second-order valence-electron chi connectivity index (χ2n) is 4.81. The third-order valence-corrected chi connectivity index (χ3v) is 3.43. The monoisotopic (exact) mass is 325 g/mol. The minimum atomic E-state index is -0.324. The summed E-state index contributed by atoms with van der Waals surface area (Å²) >= 11 is 1.71. The molecule has 5 nitrogen and oxygen atoms in total. The number of carbonyl (C=O) groups is 1. The zero-order chi connectivity index (χ0) is 17.1. The molecule has 0 heterocycles. The highest BCUT2D eigenvalue weighted by molar-refractivity contribution is 7.99. The third-order valence-electron chi connectivity index (χ3n) is 2.32. The van der Waals surface area contributed by atoms with Crippen LogP contribution in [-0.2, 0) is 14.3 Å². The summed E-state index contributed by atoms with van der Waals surface area (Å²) in [6, 6.07) is -0.324. The number of ether oxygens (including phenoxy) is 2. The Morgan fingerprint density at radius 2 is 1.86 bits per heavy atom. The minimum Gasteiger partial charge on any atom is -0.400 e. The first-order chi connectivity index (χ1) is 9.93. The zero-order valence-corrected chi connectivity index (χ0v) is 15.4. The van der Waals surface area contributed by atoms with E-state index < -0.39 is 0 Å². The molecule has 0 spiro atoms. The normalized spacial score (nSPS) is 11.6. The fourth-order valence-electron chi connectivity index (χ4n) is 1.03. The summed E-state index contributed by atoms with van der Waals surface area (Å²) in [5.74, 6) is 1.69. The van der Waals surface area contributed by atoms with Crippen LogP contribution < -0.4 is 5.73 Å². The third kappa shape index (κ3) is 25.2. The number of thioether (sulfide) groups is 1. The molecule has 6 heteroatoms. The summed E-state index contributed by atoms with van der Waals surface area (Å²) in [7, 11) is 2.68. The van der Waals surface area contributed by atoms with E-state index >= 15 is 0 Å². The fourth-order valence-corrected chi connectivity index (χ4v) is 2.18. The first kappa shape index (κ1) is 25.8. The predicted molar refractivity (Wildman–Crippen MR) is 92.0 cm³/mol. The average molecular weight is 326 g/mol. The van der Waals surface area contributed by atoms with Crippen molar-refractivity contribution in [3.63, 3.8) is 0 Å². The van der Waals surface area contributed by atoms with Crippen molar-refractivity contribution in [1.82, 2.24) is 0 Å². The van der Waals surface area contributed by atoms with Gasteiger partial charge < -0.3 is 25.1 Å². The maximum atomic E-state index is 10.3. The van der Waals surface area contributed by atoms with E-state index in [-0.39, 0.29) is 11.6 Å². The largest absolute Gasteiger partial charge is 0.400 e. The first-order valence-electron chi connectivity index (χ1n) is 7.29. The SMILES string of the molecule is CCCOC(C)(C)CCSCC(N)C=O.CCOC.CO. The van der Waals surface area contributed by atoms with Gasteiger partial charge in [-0.2, -0.15) is 11.8 Å². The van der Waals surface area contributed by atoms with Crippen molar-refractivity contribution in [3.8, 4) is 0 Å². The van der Waals surface area contributed by atoms with Crippen LogP contribution in [0.2, 0.25) is 0 Å². The molecule has 0 saturated carbocycles. The van der Waals surface area contributed by atoms with Crippen LogP contribution in [0.5, 0.6) is 0 Å². The van der Waals surface area contributed by atoms with Crippen molar-refractivity contribution in [2.45, 2.75) is 52.2 Å². The molecule has 0 bridgehead atoms. The van der Waals surface area contributed by atoms with Gasteiger partial charge in [-0.3, -0.25) is 0 Å². The number of nitrogens with two attached hydrogens (primary N) is 1. The van der Waals surface area contributed by atoms with Gasteiger partial charge in [-0.25, -0.2) is 0 Å². The Morgan fingerprint density at radius 1 is 1.33 bits per heavy atom. The topological polar surface area (TPSA) is 81.8 Å². The predicted octanol–water partition coefficient (Wildman–Crippen LogP) is 2.10. The molecule has 0 amide bonds. The number of hydrogen-bond donors (Lipinski definition) is 2. The van der Waals surface area contributed by atoms with Crippen LogP contribution in [0.4, 0.5) is 0 Å². The van der Waals surface area contributed by atoms with Gasteiger partial charge in [0.15, 0.2) is 0 Å². The Bertz CT molecular complexity index is 202. The maximum Gasteiger partial charge on any atom is 0.137 e. The molecule has 0 aliphatic carbocycles. The molecule has 0 saturated heterocycles. The molecule has 0 rings (SSSR count). The number of aliphatic hydroxyl groups is 1. The van der Waals surface area contributed by atoms with Gasteiger partial charge in [0.2, 0.25) is 0 Å². The highest BCUT2D eigenvalue weighted by Gasteiger charge is 2.17. The van der Waals surface area contributed by atoms with Gasteiger partial charge in [-0.05, 0) is 39.4 Å². The van der Waals surface area contributed by atoms with E-state index in [0.29, 0.717) is 5.75 Å². The van der Waals surface area contributed by atoms with Crippen molar-refractivity contribution in [2.75, 3.05) is 38.9 Å². The van der Waals surface area contributed by atoms with Gasteiger partial charge in [0.1, 0.15) is 6.29 Å². The summed E-state index contributed by atoms with van der Waals surface area (Å²) in [6.07, 6.45) is 2.83. The fraction of sp³-hybridized carbons (Fsp3) is 0.933. The summed E-state index contributed by atoms with van der Waals surface area (Å²) in [6.45, 7) is 9.89. The molecule has 1 unspecified atom stereocenters. The molecule has 21 heavy (non-hydrogen) atoms. The van der Waals surface area contributed by atoms with E-state index in [2.05, 4.69) is 25.5 Å². The van der Waals surface area contributed by atoms with Crippen LogP contribution in [0.1, 0.15) is 40.5 Å². The van der Waals surface area contributed by atoms with Crippen LogP contribution in [0, 0.1) is 0 Å². The smallest absolute Gasteiger partial charge is 0.137 e. The molecule has 0 aromatic carbocycles. The molecule has 0 aliphatic heterocycles. The Kier molecular flexibility index (Phi) is 24.4. The van der Waals surface area contributed by atoms with Crippen LogP contribution in [0.3, 0.4) is 0 Å². The van der Waals surface area contributed by atoms with Crippen molar-refractivity contribution < 1.29 is 19.4 Å². The second-order valence-corrected chi connectivity index (χ2v) is 5.96. The van der Waals surface area contributed by atoms with E-state index in [4.69, 9.17) is 15.6 Å². The molecule has 3 N–H and O–H groups in total. The van der Waals surface area contributed by atoms with Gasteiger partial charge in [0.05, 0.1) is 11.6 Å². The Labute approximate surface area is 135 Å². The lowest BCUT2D eigenvalue weighted by molar-refractivity contribution is -0.108. The zero-order valence-electron chi connectivity index (χ0n) is 14.6. The van der Waals surface area contributed by atoms with E-state index in [1.54, 1.807) is 18.9 Å². The Hall–Kier alpha value is -0.140. The number of hydrogen-bond acceptors (Lipinski definition) is 6. The van der Waals surface area contributed by atoms with Gasteiger partial charge in [-0.15, -0.1) is 0 Å². The number of rotatable bonds is 10. The highest BCUT2D eigenvalue weighted by Crippen LogP contribution is 2.18. The number of aldehydes is 1. The number of carbonyl (C=O) groups excluding carboxylic acids is 1. The first-order valence-corrected chi connectivity index (χ1v) is 8.45. The quantitative estimate of drug-likeness (QED) is 0.473. The molecule has 0 aliphatic rings. The van der Waals surface area contributed by atoms with Crippen molar-refractivity contribution in [2.24, 2.45) is 5.73 Å². The molecule has 0 aromatic rings. The van der Waals surface area contributed by atoms with Gasteiger partial charge >= 0.3 is 0 Å². The molecular weight excluding hydrogens is 290 g/mol. The van der Waals surface area contributed by atoms with E-state index in [1.165, 1.54) is 0 Å². The van der Waals surface area contributed by atoms with Gasteiger partial charge in [0.25, 0.3) is 0 Å². The summed E-state index contributed by atoms with van der Waals surface area (Å²) in [5.41, 5.74) is 5.42. The van der Waals surface area contributed by atoms with Crippen LogP contribution in [-0.4, -0.2) is 62.0 Å². The molecule has 1 atom stereocenters. The minimum absolute atomic E-state index is 0.0612. The number of aliphatic hydroxyl groups excluding tert-OH is 1. The molecular formula is C15H35NO4S. The van der Waals surface area contributed by atoms with Crippen molar-refractivity contribution in [1.29, 1.82) is 0 Å². The van der Waals surface area contributed by atoms with E-state index in [0.717, 1.165) is 45.2 Å². The van der Waals surface area contributed by atoms with Crippen molar-refractivity contribution in [3.05, 3.63) is 0 Å². The lowest BCUT2D eigenvalue weighted by Crippen LogP contribution is -2.27. The summed E-state index contributed by atoms with van der Waals surface area (Å²) in [5, 5.41) is 7.00. The molecule has 0 aromatic heterocycles. The van der Waals surface area contributed by atoms with Gasteiger partial charge in [0, 0.05) is 33.2 Å². The molecule has 0 radical (unpaired) electrons. The van der Waals surface area contributed by atoms with E-state index in [9.17, 15) is 4.79 Å². The van der Waals surface area contributed by atoms with Crippen LogP contribution in [0.15, 0.2) is 0 Å². The molecule has 0 fully saturated rings. The lowest BCUT2D eigenvalue weighted by atomic mass is 10.1. The summed E-state index contributed by atoms with van der Waals surface area (Å²) in [4.78, 5) is 10.3. The second kappa shape index (κ2) is 19.9. The van der Waals surface area contributed by atoms with Gasteiger partial charge in [-0.1, -0.05) is 6.92 Å². The Morgan fingerprint density at radius 3 is 2.24 bits per heavy atom.